The predicted octanol–water partition coefficient (Wildman–Crippen LogP) is 4.57. The molecule has 1 heterocycles. The van der Waals surface area contributed by atoms with E-state index in [1.165, 1.54) is 12.1 Å². The number of rotatable bonds is 7. The summed E-state index contributed by atoms with van der Waals surface area (Å²) >= 11 is 0. The lowest BCUT2D eigenvalue weighted by Crippen LogP contribution is -2.38. The van der Waals surface area contributed by atoms with E-state index >= 15 is 0 Å². The summed E-state index contributed by atoms with van der Waals surface area (Å²) in [5, 5.41) is 2.92. The molecule has 36 heavy (non-hydrogen) atoms. The highest BCUT2D eigenvalue weighted by molar-refractivity contribution is 6.00. The van der Waals surface area contributed by atoms with Crippen LogP contribution in [0.5, 0.6) is 0 Å². The summed E-state index contributed by atoms with van der Waals surface area (Å²) < 4.78 is 13.2. The Hall–Kier alpha value is -3.87. The summed E-state index contributed by atoms with van der Waals surface area (Å²) in [5.74, 6) is -0.554. The number of nitrogens with two attached hydrogens (primary N) is 1. The second-order valence-corrected chi connectivity index (χ2v) is 9.12. The molecule has 0 aliphatic carbocycles. The standard InChI is InChI=1S/C29H33FN4O2/c1-2-25(22-7-4-3-5-8-22)29(36)34-16-6-15-33(17-18-34)27-14-13-24(31)19-26(27)28(35)32-20-21-9-11-23(30)12-10-21/h3-5,7-14,19,25H,2,6,15-18,20,31H2,1H3,(H,32,35). The Kier molecular flexibility index (Phi) is 8.21. The normalized spacial score (nSPS) is 14.7. The highest BCUT2D eigenvalue weighted by atomic mass is 19.1. The van der Waals surface area contributed by atoms with Crippen LogP contribution in [0.2, 0.25) is 0 Å². The Morgan fingerprint density at radius 3 is 2.44 bits per heavy atom. The van der Waals surface area contributed by atoms with Gasteiger partial charge in [0, 0.05) is 44.1 Å². The summed E-state index contributed by atoms with van der Waals surface area (Å²) in [6.07, 6.45) is 1.55. The Morgan fingerprint density at radius 1 is 0.972 bits per heavy atom. The molecule has 1 fully saturated rings. The lowest BCUT2D eigenvalue weighted by Gasteiger charge is -2.27. The number of anilines is 2. The molecule has 0 spiro atoms. The number of carbonyl (C=O) groups is 2. The van der Waals surface area contributed by atoms with E-state index in [1.54, 1.807) is 24.3 Å². The van der Waals surface area contributed by atoms with Crippen LogP contribution in [0.4, 0.5) is 15.8 Å². The number of nitrogen functional groups attached to an aromatic ring is 1. The Bertz CT molecular complexity index is 1180. The maximum absolute atomic E-state index is 13.4. The number of benzene rings is 3. The maximum Gasteiger partial charge on any atom is 0.253 e. The van der Waals surface area contributed by atoms with Gasteiger partial charge in [-0.2, -0.15) is 0 Å². The molecule has 3 N–H and O–H groups in total. The van der Waals surface area contributed by atoms with Gasteiger partial charge in [0.05, 0.1) is 11.5 Å². The minimum Gasteiger partial charge on any atom is -0.399 e. The van der Waals surface area contributed by atoms with Crippen molar-refractivity contribution in [3.63, 3.8) is 0 Å². The number of nitrogens with zero attached hydrogens (tertiary/aromatic N) is 2. The lowest BCUT2D eigenvalue weighted by atomic mass is 9.95. The molecule has 4 rings (SSSR count). The van der Waals surface area contributed by atoms with Gasteiger partial charge in [0.2, 0.25) is 5.91 Å². The van der Waals surface area contributed by atoms with Crippen molar-refractivity contribution in [3.8, 4) is 0 Å². The summed E-state index contributed by atoms with van der Waals surface area (Å²) in [5.41, 5.74) is 9.67. The van der Waals surface area contributed by atoms with Crippen LogP contribution in [-0.2, 0) is 11.3 Å². The monoisotopic (exact) mass is 488 g/mol. The van der Waals surface area contributed by atoms with Crippen LogP contribution in [-0.4, -0.2) is 42.9 Å². The van der Waals surface area contributed by atoms with Crippen LogP contribution in [0, 0.1) is 5.82 Å². The average Bonchev–Trinajstić information content (AvgIpc) is 3.15. The van der Waals surface area contributed by atoms with Gasteiger partial charge in [-0.1, -0.05) is 49.4 Å². The Labute approximate surface area is 211 Å². The third-order valence-corrected chi connectivity index (χ3v) is 6.69. The smallest absolute Gasteiger partial charge is 0.253 e. The zero-order chi connectivity index (χ0) is 25.5. The number of halogens is 1. The number of hydrogen-bond acceptors (Lipinski definition) is 4. The molecule has 1 unspecified atom stereocenters. The van der Waals surface area contributed by atoms with E-state index in [0.29, 0.717) is 30.9 Å². The third kappa shape index (κ3) is 6.03. The zero-order valence-electron chi connectivity index (χ0n) is 20.6. The van der Waals surface area contributed by atoms with Gasteiger partial charge in [-0.15, -0.1) is 0 Å². The minimum absolute atomic E-state index is 0.151. The second kappa shape index (κ2) is 11.7. The van der Waals surface area contributed by atoms with Crippen molar-refractivity contribution in [3.05, 3.63) is 95.3 Å². The van der Waals surface area contributed by atoms with Gasteiger partial charge >= 0.3 is 0 Å². The molecule has 1 saturated heterocycles. The first-order valence-corrected chi connectivity index (χ1v) is 12.5. The molecule has 0 radical (unpaired) electrons. The third-order valence-electron chi connectivity index (χ3n) is 6.69. The molecule has 3 aromatic rings. The fraction of sp³-hybridized carbons (Fsp3) is 0.310. The van der Waals surface area contributed by atoms with Gasteiger partial charge < -0.3 is 20.9 Å². The molecule has 1 atom stereocenters. The average molecular weight is 489 g/mol. The number of hydrogen-bond donors (Lipinski definition) is 2. The summed E-state index contributed by atoms with van der Waals surface area (Å²) in [4.78, 5) is 30.6. The van der Waals surface area contributed by atoms with Crippen molar-refractivity contribution in [2.45, 2.75) is 32.2 Å². The first-order chi connectivity index (χ1) is 17.5. The number of amides is 2. The van der Waals surface area contributed by atoms with Crippen molar-refractivity contribution in [2.24, 2.45) is 0 Å². The van der Waals surface area contributed by atoms with Crippen molar-refractivity contribution < 1.29 is 14.0 Å². The molecule has 1 aliphatic rings. The molecule has 6 nitrogen and oxygen atoms in total. The van der Waals surface area contributed by atoms with E-state index in [1.807, 2.05) is 48.2 Å². The summed E-state index contributed by atoms with van der Waals surface area (Å²) in [6, 6.07) is 21.3. The largest absolute Gasteiger partial charge is 0.399 e. The van der Waals surface area contributed by atoms with Gasteiger partial charge in [0.15, 0.2) is 0 Å². The van der Waals surface area contributed by atoms with Crippen LogP contribution >= 0.6 is 0 Å². The number of nitrogens with one attached hydrogen (secondary N) is 1. The van der Waals surface area contributed by atoms with Crippen molar-refractivity contribution in [2.75, 3.05) is 36.8 Å². The molecule has 1 aliphatic heterocycles. The van der Waals surface area contributed by atoms with Crippen LogP contribution in [0.3, 0.4) is 0 Å². The highest BCUT2D eigenvalue weighted by Gasteiger charge is 2.27. The fourth-order valence-corrected chi connectivity index (χ4v) is 4.73. The maximum atomic E-state index is 13.4. The quantitative estimate of drug-likeness (QED) is 0.478. The molecule has 0 bridgehead atoms. The molecular weight excluding hydrogens is 455 g/mol. The molecular formula is C29H33FN4O2. The van der Waals surface area contributed by atoms with E-state index in [4.69, 9.17) is 5.73 Å². The Balaban J connectivity index is 1.46. The minimum atomic E-state index is -0.314. The molecule has 7 heteroatoms. The first kappa shape index (κ1) is 25.2. The van der Waals surface area contributed by atoms with Gasteiger partial charge in [0.25, 0.3) is 5.91 Å². The Morgan fingerprint density at radius 2 is 1.72 bits per heavy atom. The predicted molar refractivity (Wildman–Crippen MR) is 141 cm³/mol. The van der Waals surface area contributed by atoms with Crippen LogP contribution in [0.25, 0.3) is 0 Å². The van der Waals surface area contributed by atoms with E-state index in [9.17, 15) is 14.0 Å². The topological polar surface area (TPSA) is 78.7 Å². The van der Waals surface area contributed by atoms with Crippen LogP contribution in [0.1, 0.15) is 47.2 Å². The van der Waals surface area contributed by atoms with E-state index in [2.05, 4.69) is 10.2 Å². The number of carbonyl (C=O) groups excluding carboxylic acids is 2. The van der Waals surface area contributed by atoms with Gasteiger partial charge in [-0.3, -0.25) is 9.59 Å². The highest BCUT2D eigenvalue weighted by Crippen LogP contribution is 2.27. The van der Waals surface area contributed by atoms with Gasteiger partial charge in [-0.25, -0.2) is 4.39 Å². The van der Waals surface area contributed by atoms with Crippen molar-refractivity contribution in [1.29, 1.82) is 0 Å². The lowest BCUT2D eigenvalue weighted by molar-refractivity contribution is -0.132. The van der Waals surface area contributed by atoms with Crippen molar-refractivity contribution >= 4 is 23.2 Å². The van der Waals surface area contributed by atoms with Gasteiger partial charge in [0.1, 0.15) is 5.82 Å². The van der Waals surface area contributed by atoms with Crippen LogP contribution in [0.15, 0.2) is 72.8 Å². The van der Waals surface area contributed by atoms with E-state index < -0.39 is 0 Å². The summed E-state index contributed by atoms with van der Waals surface area (Å²) in [7, 11) is 0. The first-order valence-electron chi connectivity index (χ1n) is 12.5. The molecule has 3 aromatic carbocycles. The van der Waals surface area contributed by atoms with E-state index in [0.717, 1.165) is 36.2 Å². The van der Waals surface area contributed by atoms with Crippen LogP contribution < -0.4 is 16.0 Å². The van der Waals surface area contributed by atoms with Crippen molar-refractivity contribution in [1.82, 2.24) is 10.2 Å². The fourth-order valence-electron chi connectivity index (χ4n) is 4.73. The van der Waals surface area contributed by atoms with E-state index in [-0.39, 0.29) is 30.1 Å². The molecule has 2 amide bonds. The molecule has 0 aromatic heterocycles. The molecule has 0 saturated carbocycles. The second-order valence-electron chi connectivity index (χ2n) is 9.12. The van der Waals surface area contributed by atoms with Gasteiger partial charge in [-0.05, 0) is 54.3 Å². The SMILES string of the molecule is CCC(C(=O)N1CCCN(c2ccc(N)cc2C(=O)NCc2ccc(F)cc2)CC1)c1ccccc1. The molecule has 188 valence electrons. The summed E-state index contributed by atoms with van der Waals surface area (Å²) in [6.45, 7) is 4.95. The zero-order valence-corrected chi connectivity index (χ0v) is 20.6.